The number of esters is 1. The van der Waals surface area contributed by atoms with E-state index in [-0.39, 0.29) is 18.9 Å². The Morgan fingerprint density at radius 2 is 1.94 bits per heavy atom. The van der Waals surface area contributed by atoms with Gasteiger partial charge in [0, 0.05) is 16.0 Å². The highest BCUT2D eigenvalue weighted by atomic mass is 35.5. The second-order valence-corrected chi connectivity index (χ2v) is 7.71. The largest absolute Gasteiger partial charge is 0.493 e. The van der Waals surface area contributed by atoms with Gasteiger partial charge in [-0.3, -0.25) is 4.79 Å². The maximum Gasteiger partial charge on any atom is 0.312 e. The van der Waals surface area contributed by atoms with Crippen LogP contribution in [0.4, 0.5) is 0 Å². The molecule has 0 aliphatic carbocycles. The van der Waals surface area contributed by atoms with Crippen LogP contribution >= 0.6 is 22.9 Å². The highest BCUT2D eigenvalue weighted by Gasteiger charge is 2.15. The minimum Gasteiger partial charge on any atom is -0.493 e. The van der Waals surface area contributed by atoms with Crippen LogP contribution in [0, 0.1) is 0 Å². The van der Waals surface area contributed by atoms with Crippen molar-refractivity contribution in [3.8, 4) is 27.8 Å². The van der Waals surface area contributed by atoms with Gasteiger partial charge >= 0.3 is 5.97 Å². The summed E-state index contributed by atoms with van der Waals surface area (Å²) in [5, 5.41) is 11.1. The van der Waals surface area contributed by atoms with E-state index in [1.807, 2.05) is 36.6 Å². The van der Waals surface area contributed by atoms with Crippen LogP contribution in [0.25, 0.3) is 22.0 Å². The summed E-state index contributed by atoms with van der Waals surface area (Å²) in [6, 6.07) is 14.7. The van der Waals surface area contributed by atoms with Crippen LogP contribution in [0.2, 0.25) is 5.02 Å². The molecular weight excluding hydrogens is 438 g/mol. The zero-order valence-corrected chi connectivity index (χ0v) is 18.2. The maximum absolute atomic E-state index is 12.2. The first-order valence-electron chi connectivity index (χ1n) is 9.53. The highest BCUT2D eigenvalue weighted by molar-refractivity contribution is 7.13. The first-order valence-corrected chi connectivity index (χ1v) is 10.8. The molecule has 0 radical (unpaired) electrons. The lowest BCUT2D eigenvalue weighted by atomic mass is 10.2. The Hall–Kier alpha value is -3.23. The number of hydrogen-bond donors (Lipinski definition) is 0. The van der Waals surface area contributed by atoms with Crippen molar-refractivity contribution in [3.05, 3.63) is 70.5 Å². The summed E-state index contributed by atoms with van der Waals surface area (Å²) >= 11 is 7.33. The molecule has 31 heavy (non-hydrogen) atoms. The zero-order chi connectivity index (χ0) is 21.6. The number of benzene rings is 2. The molecule has 4 aromatic rings. The van der Waals surface area contributed by atoms with Gasteiger partial charge in [-0.2, -0.15) is 0 Å². The summed E-state index contributed by atoms with van der Waals surface area (Å²) in [5.41, 5.74) is 2.26. The molecule has 9 heteroatoms. The number of para-hydroxylation sites is 1. The molecule has 0 unspecified atom stereocenters. The number of carbonyl (C=O) groups is 1. The average molecular weight is 456 g/mol. The number of aromatic nitrogens is 3. The van der Waals surface area contributed by atoms with E-state index in [0.717, 1.165) is 21.9 Å². The fraction of sp³-hybridized carbons (Fsp3) is 0.182. The number of halogens is 1. The Balaban J connectivity index is 1.35. The SMILES string of the molecule is CCOc1ccccc1-c1nc(CC(=O)OCc2nnc(-c3ccc(Cl)cc3)o2)cs1. The van der Waals surface area contributed by atoms with Gasteiger partial charge in [-0.25, -0.2) is 4.98 Å². The predicted molar refractivity (Wildman–Crippen MR) is 117 cm³/mol. The van der Waals surface area contributed by atoms with Gasteiger partial charge in [-0.05, 0) is 43.3 Å². The van der Waals surface area contributed by atoms with E-state index in [1.165, 1.54) is 11.3 Å². The minimum absolute atomic E-state index is 0.0471. The van der Waals surface area contributed by atoms with Crippen LogP contribution in [0.15, 0.2) is 58.3 Å². The van der Waals surface area contributed by atoms with E-state index >= 15 is 0 Å². The van der Waals surface area contributed by atoms with Crippen molar-refractivity contribution in [2.45, 2.75) is 20.0 Å². The third-order valence-corrected chi connectivity index (χ3v) is 5.39. The third kappa shape index (κ3) is 5.28. The van der Waals surface area contributed by atoms with Crippen molar-refractivity contribution >= 4 is 28.9 Å². The van der Waals surface area contributed by atoms with Crippen LogP contribution in [0.3, 0.4) is 0 Å². The molecule has 7 nitrogen and oxygen atoms in total. The topological polar surface area (TPSA) is 87.3 Å². The molecule has 2 aromatic heterocycles. The summed E-state index contributed by atoms with van der Waals surface area (Å²) in [6.45, 7) is 2.39. The first kappa shape index (κ1) is 21.0. The smallest absolute Gasteiger partial charge is 0.312 e. The molecule has 0 spiro atoms. The van der Waals surface area contributed by atoms with E-state index in [2.05, 4.69) is 15.2 Å². The zero-order valence-electron chi connectivity index (χ0n) is 16.6. The van der Waals surface area contributed by atoms with Gasteiger partial charge in [0.15, 0.2) is 6.61 Å². The molecule has 0 saturated heterocycles. The van der Waals surface area contributed by atoms with Gasteiger partial charge in [0.1, 0.15) is 10.8 Å². The molecule has 0 aliphatic heterocycles. The van der Waals surface area contributed by atoms with Crippen LogP contribution < -0.4 is 4.74 Å². The Morgan fingerprint density at radius 3 is 2.74 bits per heavy atom. The molecular formula is C22H18ClN3O4S. The Bertz CT molecular complexity index is 1170. The van der Waals surface area contributed by atoms with E-state index in [1.54, 1.807) is 24.3 Å². The fourth-order valence-electron chi connectivity index (χ4n) is 2.80. The van der Waals surface area contributed by atoms with Gasteiger partial charge < -0.3 is 13.9 Å². The number of nitrogens with zero attached hydrogens (tertiary/aromatic N) is 3. The maximum atomic E-state index is 12.2. The van der Waals surface area contributed by atoms with Crippen molar-refractivity contribution < 1.29 is 18.7 Å². The second kappa shape index (κ2) is 9.72. The normalized spacial score (nSPS) is 10.8. The summed E-state index contributed by atoms with van der Waals surface area (Å²) in [6.07, 6.45) is 0.0471. The van der Waals surface area contributed by atoms with Crippen LogP contribution in [-0.4, -0.2) is 27.8 Å². The first-order chi connectivity index (χ1) is 15.1. The monoisotopic (exact) mass is 455 g/mol. The second-order valence-electron chi connectivity index (χ2n) is 6.42. The molecule has 0 saturated carbocycles. The molecule has 0 N–H and O–H groups in total. The van der Waals surface area contributed by atoms with Crippen LogP contribution in [0.5, 0.6) is 5.75 Å². The summed E-state index contributed by atoms with van der Waals surface area (Å²) in [5.74, 6) is 0.880. The number of rotatable bonds is 8. The molecule has 0 bridgehead atoms. The molecule has 0 aliphatic rings. The lowest BCUT2D eigenvalue weighted by Gasteiger charge is -2.07. The van der Waals surface area contributed by atoms with Crippen LogP contribution in [-0.2, 0) is 22.6 Å². The van der Waals surface area contributed by atoms with E-state index in [9.17, 15) is 4.79 Å². The molecule has 4 rings (SSSR count). The van der Waals surface area contributed by atoms with E-state index in [4.69, 9.17) is 25.5 Å². The number of thiazole rings is 1. The Labute approximate surface area is 187 Å². The van der Waals surface area contributed by atoms with Gasteiger partial charge in [-0.1, -0.05) is 23.7 Å². The molecule has 158 valence electrons. The summed E-state index contributed by atoms with van der Waals surface area (Å²) in [7, 11) is 0. The van der Waals surface area contributed by atoms with Crippen molar-refractivity contribution in [1.82, 2.24) is 15.2 Å². The van der Waals surface area contributed by atoms with Gasteiger partial charge in [0.2, 0.25) is 5.89 Å². The summed E-state index contributed by atoms with van der Waals surface area (Å²) in [4.78, 5) is 16.8. The third-order valence-electron chi connectivity index (χ3n) is 4.21. The fourth-order valence-corrected chi connectivity index (χ4v) is 3.77. The Morgan fingerprint density at radius 1 is 1.13 bits per heavy atom. The Kier molecular flexibility index (Phi) is 6.59. The number of carbonyl (C=O) groups excluding carboxylic acids is 1. The molecule has 2 heterocycles. The average Bonchev–Trinajstić information content (AvgIpc) is 3.43. The highest BCUT2D eigenvalue weighted by Crippen LogP contribution is 2.32. The van der Waals surface area contributed by atoms with Crippen molar-refractivity contribution in [2.24, 2.45) is 0 Å². The van der Waals surface area contributed by atoms with Gasteiger partial charge in [-0.15, -0.1) is 21.5 Å². The quantitative estimate of drug-likeness (QED) is 0.337. The molecule has 2 aromatic carbocycles. The number of hydrogen-bond acceptors (Lipinski definition) is 8. The van der Waals surface area contributed by atoms with Gasteiger partial charge in [0.05, 0.1) is 24.3 Å². The van der Waals surface area contributed by atoms with E-state index in [0.29, 0.717) is 23.2 Å². The van der Waals surface area contributed by atoms with Crippen LogP contribution in [0.1, 0.15) is 18.5 Å². The lowest BCUT2D eigenvalue weighted by molar-refractivity contribution is -0.144. The van der Waals surface area contributed by atoms with Crippen molar-refractivity contribution in [3.63, 3.8) is 0 Å². The van der Waals surface area contributed by atoms with E-state index < -0.39 is 5.97 Å². The number of ether oxygens (including phenoxy) is 2. The summed E-state index contributed by atoms with van der Waals surface area (Å²) < 4.78 is 16.5. The molecule has 0 amide bonds. The minimum atomic E-state index is -0.429. The van der Waals surface area contributed by atoms with Crippen molar-refractivity contribution in [2.75, 3.05) is 6.61 Å². The lowest BCUT2D eigenvalue weighted by Crippen LogP contribution is -2.08. The predicted octanol–water partition coefficient (Wildman–Crippen LogP) is 5.20. The van der Waals surface area contributed by atoms with Crippen molar-refractivity contribution in [1.29, 1.82) is 0 Å². The molecule has 0 atom stereocenters. The van der Waals surface area contributed by atoms with Gasteiger partial charge in [0.25, 0.3) is 5.89 Å². The standard InChI is InChI=1S/C22H18ClN3O4S/c1-2-28-18-6-4-3-5-17(18)22-24-16(13-31-22)11-20(27)29-12-19-25-26-21(30-19)14-7-9-15(23)10-8-14/h3-10,13H,2,11-12H2,1H3. The molecule has 0 fully saturated rings.